The lowest BCUT2D eigenvalue weighted by Crippen LogP contribution is -2.49. The molecule has 0 aromatic heterocycles. The smallest absolute Gasteiger partial charge is 0.242 e. The van der Waals surface area contributed by atoms with Gasteiger partial charge < -0.3 is 10.2 Å². The van der Waals surface area contributed by atoms with Crippen LogP contribution < -0.4 is 9.62 Å². The van der Waals surface area contributed by atoms with E-state index < -0.39 is 21.9 Å². The van der Waals surface area contributed by atoms with Crippen LogP contribution in [0.3, 0.4) is 0 Å². The first-order valence-corrected chi connectivity index (χ1v) is 14.2. The summed E-state index contributed by atoms with van der Waals surface area (Å²) in [4.78, 5) is 27.5. The van der Waals surface area contributed by atoms with Crippen LogP contribution in [-0.2, 0) is 26.2 Å². The van der Waals surface area contributed by atoms with Gasteiger partial charge in [-0.15, -0.1) is 0 Å². The maximum absolute atomic E-state index is 14.3. The minimum absolute atomic E-state index is 0.0625. The quantitative estimate of drug-likeness (QED) is 0.396. The summed E-state index contributed by atoms with van der Waals surface area (Å²) in [5, 5.41) is 3.68. The molecule has 11 heteroatoms. The number of nitrogens with one attached hydrogen (secondary N) is 1. The molecule has 198 valence electrons. The van der Waals surface area contributed by atoms with Gasteiger partial charge in [-0.2, -0.15) is 0 Å². The molecule has 0 spiro atoms. The van der Waals surface area contributed by atoms with E-state index in [0.717, 1.165) is 17.0 Å². The monoisotopic (exact) mass is 559 g/mol. The van der Waals surface area contributed by atoms with E-state index in [1.165, 1.54) is 29.2 Å². The van der Waals surface area contributed by atoms with Gasteiger partial charge in [-0.3, -0.25) is 13.9 Å². The van der Waals surface area contributed by atoms with Crippen molar-refractivity contribution in [3.63, 3.8) is 0 Å². The number of hydrogen-bond donors (Lipinski definition) is 1. The standard InChI is InChI=1S/C25H32Cl2FN3O4S/c1-5-17(2)29-25(33)18(3)30(16-19-12-13-20(26)15-21(19)27)24(32)11-8-14-31(36(4,34)35)23-10-7-6-9-22(23)28/h6-7,9-10,12-13,15,17-18H,5,8,11,14,16H2,1-4H3,(H,29,33). The van der Waals surface area contributed by atoms with Crippen molar-refractivity contribution in [2.24, 2.45) is 0 Å². The topological polar surface area (TPSA) is 86.8 Å². The van der Waals surface area contributed by atoms with E-state index in [-0.39, 0.29) is 49.5 Å². The summed E-state index contributed by atoms with van der Waals surface area (Å²) in [5.41, 5.74) is 0.528. The van der Waals surface area contributed by atoms with E-state index in [1.54, 1.807) is 25.1 Å². The zero-order valence-electron chi connectivity index (χ0n) is 20.8. The summed E-state index contributed by atoms with van der Waals surface area (Å²) >= 11 is 12.3. The molecule has 0 heterocycles. The van der Waals surface area contributed by atoms with Crippen molar-refractivity contribution in [2.75, 3.05) is 17.1 Å². The Kier molecular flexibility index (Phi) is 11.0. The summed E-state index contributed by atoms with van der Waals surface area (Å²) in [6.45, 7) is 5.40. The van der Waals surface area contributed by atoms with E-state index in [2.05, 4.69) is 5.32 Å². The zero-order valence-corrected chi connectivity index (χ0v) is 23.1. The van der Waals surface area contributed by atoms with Gasteiger partial charge in [0.15, 0.2) is 0 Å². The number of amides is 2. The molecule has 0 aliphatic carbocycles. The molecule has 0 saturated heterocycles. The molecule has 2 aromatic rings. The number of carbonyl (C=O) groups is 2. The molecule has 2 rings (SSSR count). The zero-order chi connectivity index (χ0) is 27.0. The van der Waals surface area contributed by atoms with E-state index in [9.17, 15) is 22.4 Å². The lowest BCUT2D eigenvalue weighted by atomic mass is 10.1. The van der Waals surface area contributed by atoms with E-state index >= 15 is 0 Å². The second kappa shape index (κ2) is 13.3. The lowest BCUT2D eigenvalue weighted by molar-refractivity contribution is -0.140. The van der Waals surface area contributed by atoms with Gasteiger partial charge in [-0.25, -0.2) is 12.8 Å². The first-order valence-electron chi connectivity index (χ1n) is 11.6. The highest BCUT2D eigenvalue weighted by Crippen LogP contribution is 2.25. The number of sulfonamides is 1. The van der Waals surface area contributed by atoms with Crippen LogP contribution in [0, 0.1) is 5.82 Å². The van der Waals surface area contributed by atoms with E-state index in [4.69, 9.17) is 23.2 Å². The van der Waals surface area contributed by atoms with Crippen molar-refractivity contribution in [3.05, 3.63) is 63.9 Å². The summed E-state index contributed by atoms with van der Waals surface area (Å²) in [6, 6.07) is 9.56. The van der Waals surface area contributed by atoms with Crippen LogP contribution in [0.4, 0.5) is 10.1 Å². The predicted octanol–water partition coefficient (Wildman–Crippen LogP) is 5.01. The second-order valence-electron chi connectivity index (χ2n) is 8.64. The highest BCUT2D eigenvalue weighted by Gasteiger charge is 2.28. The number of nitrogens with zero attached hydrogens (tertiary/aromatic N) is 2. The first kappa shape index (κ1) is 29.9. The molecule has 7 nitrogen and oxygen atoms in total. The summed E-state index contributed by atoms with van der Waals surface area (Å²) in [6.07, 6.45) is 1.77. The Morgan fingerprint density at radius 3 is 2.36 bits per heavy atom. The molecule has 0 radical (unpaired) electrons. The minimum Gasteiger partial charge on any atom is -0.352 e. The molecule has 36 heavy (non-hydrogen) atoms. The van der Waals surface area contributed by atoms with Gasteiger partial charge in [0.1, 0.15) is 11.9 Å². The SMILES string of the molecule is CCC(C)NC(=O)C(C)N(Cc1ccc(Cl)cc1Cl)C(=O)CCCN(c1ccccc1F)S(C)(=O)=O. The summed E-state index contributed by atoms with van der Waals surface area (Å²) < 4.78 is 39.8. The van der Waals surface area contributed by atoms with Gasteiger partial charge in [0.05, 0.1) is 11.9 Å². The van der Waals surface area contributed by atoms with E-state index in [0.29, 0.717) is 15.6 Å². The number of para-hydroxylation sites is 1. The van der Waals surface area contributed by atoms with Crippen molar-refractivity contribution in [1.29, 1.82) is 0 Å². The normalized spacial score (nSPS) is 13.1. The molecular weight excluding hydrogens is 528 g/mol. The largest absolute Gasteiger partial charge is 0.352 e. The van der Waals surface area contributed by atoms with Gasteiger partial charge in [-0.05, 0) is 56.5 Å². The fourth-order valence-electron chi connectivity index (χ4n) is 3.52. The third-order valence-corrected chi connectivity index (χ3v) is 7.56. The molecule has 0 saturated carbocycles. The first-order chi connectivity index (χ1) is 16.8. The Morgan fingerprint density at radius 2 is 1.78 bits per heavy atom. The number of rotatable bonds is 12. The van der Waals surface area contributed by atoms with Gasteiger partial charge in [0, 0.05) is 35.6 Å². The van der Waals surface area contributed by atoms with Gasteiger partial charge in [0.2, 0.25) is 21.8 Å². The van der Waals surface area contributed by atoms with Crippen molar-refractivity contribution < 1.29 is 22.4 Å². The molecule has 2 amide bonds. The van der Waals surface area contributed by atoms with Crippen LogP contribution in [0.5, 0.6) is 0 Å². The van der Waals surface area contributed by atoms with Gasteiger partial charge in [-0.1, -0.05) is 48.3 Å². The Morgan fingerprint density at radius 1 is 1.11 bits per heavy atom. The number of hydrogen-bond acceptors (Lipinski definition) is 4. The molecule has 0 fully saturated rings. The van der Waals surface area contributed by atoms with Gasteiger partial charge in [0.25, 0.3) is 0 Å². The van der Waals surface area contributed by atoms with Crippen LogP contribution in [0.2, 0.25) is 10.0 Å². The molecule has 0 aliphatic rings. The fraction of sp³-hybridized carbons (Fsp3) is 0.440. The molecular formula is C25H32Cl2FN3O4S. The third-order valence-electron chi connectivity index (χ3n) is 5.80. The van der Waals surface area contributed by atoms with Crippen molar-refractivity contribution in [1.82, 2.24) is 10.2 Å². The Labute approximate surface area is 222 Å². The Balaban J connectivity index is 2.22. The maximum Gasteiger partial charge on any atom is 0.242 e. The fourth-order valence-corrected chi connectivity index (χ4v) is 4.95. The van der Waals surface area contributed by atoms with Crippen LogP contribution in [0.25, 0.3) is 0 Å². The maximum atomic E-state index is 14.3. The number of halogens is 3. The summed E-state index contributed by atoms with van der Waals surface area (Å²) in [5.74, 6) is -1.36. The lowest BCUT2D eigenvalue weighted by Gasteiger charge is -2.30. The highest BCUT2D eigenvalue weighted by atomic mass is 35.5. The van der Waals surface area contributed by atoms with E-state index in [1.807, 2.05) is 13.8 Å². The Hall–Kier alpha value is -2.36. The minimum atomic E-state index is -3.79. The second-order valence-corrected chi connectivity index (χ2v) is 11.4. The summed E-state index contributed by atoms with van der Waals surface area (Å²) in [7, 11) is -3.79. The number of anilines is 1. The predicted molar refractivity (Wildman–Crippen MR) is 142 cm³/mol. The van der Waals surface area contributed by atoms with Crippen molar-refractivity contribution in [2.45, 2.75) is 58.7 Å². The number of benzene rings is 2. The van der Waals surface area contributed by atoms with Crippen molar-refractivity contribution in [3.8, 4) is 0 Å². The molecule has 2 aromatic carbocycles. The van der Waals surface area contributed by atoms with Crippen LogP contribution in [0.1, 0.15) is 45.6 Å². The average molecular weight is 561 g/mol. The number of carbonyl (C=O) groups excluding carboxylic acids is 2. The molecule has 0 bridgehead atoms. The van der Waals surface area contributed by atoms with Crippen LogP contribution in [-0.4, -0.2) is 50.0 Å². The Bertz CT molecular complexity index is 1180. The molecule has 1 N–H and O–H groups in total. The average Bonchev–Trinajstić information content (AvgIpc) is 2.80. The molecule has 2 unspecified atom stereocenters. The van der Waals surface area contributed by atoms with Crippen molar-refractivity contribution >= 4 is 50.7 Å². The highest BCUT2D eigenvalue weighted by molar-refractivity contribution is 7.92. The third kappa shape index (κ3) is 8.35. The molecule has 2 atom stereocenters. The molecule has 0 aliphatic heterocycles. The van der Waals surface area contributed by atoms with Gasteiger partial charge >= 0.3 is 0 Å². The van der Waals surface area contributed by atoms with Crippen LogP contribution >= 0.6 is 23.2 Å². The van der Waals surface area contributed by atoms with Crippen LogP contribution in [0.15, 0.2) is 42.5 Å².